The van der Waals surface area contributed by atoms with Gasteiger partial charge in [0.25, 0.3) is 5.91 Å². The van der Waals surface area contributed by atoms with Crippen molar-refractivity contribution in [2.24, 2.45) is 0 Å². The molecule has 0 bridgehead atoms. The van der Waals surface area contributed by atoms with Crippen molar-refractivity contribution in [1.82, 2.24) is 0 Å². The second kappa shape index (κ2) is 5.92. The Morgan fingerprint density at radius 2 is 2.05 bits per heavy atom. The average molecular weight is 339 g/mol. The third-order valence-electron chi connectivity index (χ3n) is 2.60. The molecule has 2 rings (SSSR count). The van der Waals surface area contributed by atoms with Crippen molar-refractivity contribution < 1.29 is 13.9 Å². The van der Waals surface area contributed by atoms with Crippen LogP contribution in [0.25, 0.3) is 0 Å². The topological polar surface area (TPSA) is 64.3 Å². The van der Waals surface area contributed by atoms with Gasteiger partial charge in [-0.2, -0.15) is 0 Å². The predicted octanol–water partition coefficient (Wildman–Crippen LogP) is 3.43. The van der Waals surface area contributed by atoms with Gasteiger partial charge in [0, 0.05) is 23.0 Å². The summed E-state index contributed by atoms with van der Waals surface area (Å²) in [5.41, 5.74) is 6.96. The third-order valence-corrected chi connectivity index (χ3v) is 3.21. The number of nitrogen functional groups attached to an aromatic ring is 1. The van der Waals surface area contributed by atoms with E-state index in [0.29, 0.717) is 22.7 Å². The standard InChI is InChI=1S/C14H12BrFN2O2/c1-20-11-5-8(4-9(17)6-11)14(19)18-10-2-3-13(16)12(15)7-10/h2-7H,17H2,1H3,(H,18,19). The largest absolute Gasteiger partial charge is 0.497 e. The van der Waals surface area contributed by atoms with Crippen LogP contribution in [0.3, 0.4) is 0 Å². The minimum absolute atomic E-state index is 0.278. The number of amides is 1. The lowest BCUT2D eigenvalue weighted by Crippen LogP contribution is -2.12. The summed E-state index contributed by atoms with van der Waals surface area (Å²) in [6.45, 7) is 0. The van der Waals surface area contributed by atoms with Crippen molar-refractivity contribution >= 4 is 33.2 Å². The van der Waals surface area contributed by atoms with Gasteiger partial charge in [-0.1, -0.05) is 0 Å². The summed E-state index contributed by atoms with van der Waals surface area (Å²) in [7, 11) is 1.49. The Bertz CT molecular complexity index is 662. The Morgan fingerprint density at radius 3 is 2.70 bits per heavy atom. The van der Waals surface area contributed by atoms with Crippen molar-refractivity contribution in [2.75, 3.05) is 18.2 Å². The van der Waals surface area contributed by atoms with Crippen molar-refractivity contribution in [3.63, 3.8) is 0 Å². The number of anilines is 2. The van der Waals surface area contributed by atoms with Crippen LogP contribution < -0.4 is 15.8 Å². The Morgan fingerprint density at radius 1 is 1.30 bits per heavy atom. The Labute approximate surface area is 123 Å². The zero-order chi connectivity index (χ0) is 14.7. The number of nitrogens with one attached hydrogen (secondary N) is 1. The van der Waals surface area contributed by atoms with Gasteiger partial charge in [0.2, 0.25) is 0 Å². The molecule has 0 aromatic heterocycles. The molecule has 1 amide bonds. The number of hydrogen-bond acceptors (Lipinski definition) is 3. The van der Waals surface area contributed by atoms with E-state index in [-0.39, 0.29) is 10.4 Å². The predicted molar refractivity (Wildman–Crippen MR) is 79.5 cm³/mol. The first-order valence-electron chi connectivity index (χ1n) is 5.70. The highest BCUT2D eigenvalue weighted by molar-refractivity contribution is 9.10. The maximum absolute atomic E-state index is 13.1. The molecule has 0 aliphatic heterocycles. The van der Waals surface area contributed by atoms with E-state index >= 15 is 0 Å². The van der Waals surface area contributed by atoms with E-state index in [2.05, 4.69) is 21.2 Å². The van der Waals surface area contributed by atoms with Crippen LogP contribution in [0, 0.1) is 5.82 Å². The Kier molecular flexibility index (Phi) is 4.24. The zero-order valence-corrected chi connectivity index (χ0v) is 12.2. The first kappa shape index (κ1) is 14.3. The van der Waals surface area contributed by atoms with Crippen LogP contribution in [0.15, 0.2) is 40.9 Å². The van der Waals surface area contributed by atoms with Gasteiger partial charge in [0.15, 0.2) is 0 Å². The highest BCUT2D eigenvalue weighted by atomic mass is 79.9. The van der Waals surface area contributed by atoms with Crippen molar-refractivity contribution in [1.29, 1.82) is 0 Å². The molecule has 0 unspecified atom stereocenters. The molecule has 4 nitrogen and oxygen atoms in total. The van der Waals surface area contributed by atoms with E-state index in [1.54, 1.807) is 12.1 Å². The SMILES string of the molecule is COc1cc(N)cc(C(=O)Nc2ccc(F)c(Br)c2)c1. The fourth-order valence-electron chi connectivity index (χ4n) is 1.65. The molecule has 2 aromatic carbocycles. The third kappa shape index (κ3) is 3.27. The molecule has 0 spiro atoms. The fourth-order valence-corrected chi connectivity index (χ4v) is 2.03. The monoisotopic (exact) mass is 338 g/mol. The number of nitrogens with two attached hydrogens (primary N) is 1. The summed E-state index contributed by atoms with van der Waals surface area (Å²) in [6, 6.07) is 8.95. The molecule has 0 atom stereocenters. The number of ether oxygens (including phenoxy) is 1. The van der Waals surface area contributed by atoms with Crippen molar-refractivity contribution in [2.45, 2.75) is 0 Å². The maximum atomic E-state index is 13.1. The summed E-state index contributed by atoms with van der Waals surface area (Å²) in [4.78, 5) is 12.1. The number of halogens is 2. The molecular weight excluding hydrogens is 327 g/mol. The molecule has 0 radical (unpaired) electrons. The van der Waals surface area contributed by atoms with Gasteiger partial charge in [-0.25, -0.2) is 4.39 Å². The van der Waals surface area contributed by atoms with E-state index in [4.69, 9.17) is 10.5 Å². The zero-order valence-electron chi connectivity index (χ0n) is 10.6. The number of hydrogen-bond donors (Lipinski definition) is 2. The van der Waals surface area contributed by atoms with Gasteiger partial charge in [-0.05, 0) is 46.3 Å². The average Bonchev–Trinajstić information content (AvgIpc) is 2.42. The van der Waals surface area contributed by atoms with Gasteiger partial charge in [-0.15, -0.1) is 0 Å². The minimum Gasteiger partial charge on any atom is -0.497 e. The van der Waals surface area contributed by atoms with Crippen LogP contribution in [0.4, 0.5) is 15.8 Å². The molecule has 20 heavy (non-hydrogen) atoms. The first-order chi connectivity index (χ1) is 9.49. The quantitative estimate of drug-likeness (QED) is 0.842. The number of carbonyl (C=O) groups is 1. The summed E-state index contributed by atoms with van der Waals surface area (Å²) >= 11 is 3.06. The second-order valence-corrected chi connectivity index (χ2v) is 4.93. The molecule has 3 N–H and O–H groups in total. The molecule has 0 saturated heterocycles. The normalized spacial score (nSPS) is 10.2. The van der Waals surface area contributed by atoms with Crippen LogP contribution in [-0.4, -0.2) is 13.0 Å². The van der Waals surface area contributed by atoms with Crippen LogP contribution in [0.1, 0.15) is 10.4 Å². The second-order valence-electron chi connectivity index (χ2n) is 4.08. The van der Waals surface area contributed by atoms with E-state index in [1.165, 1.54) is 31.4 Å². The molecule has 2 aromatic rings. The van der Waals surface area contributed by atoms with Gasteiger partial charge >= 0.3 is 0 Å². The fraction of sp³-hybridized carbons (Fsp3) is 0.0714. The first-order valence-corrected chi connectivity index (χ1v) is 6.50. The number of benzene rings is 2. The van der Waals surface area contributed by atoms with E-state index in [0.717, 1.165) is 0 Å². The summed E-state index contributed by atoms with van der Waals surface area (Å²) in [5, 5.41) is 2.66. The van der Waals surface area contributed by atoms with Gasteiger partial charge in [-0.3, -0.25) is 4.79 Å². The Balaban J connectivity index is 2.23. The lowest BCUT2D eigenvalue weighted by Gasteiger charge is -2.08. The summed E-state index contributed by atoms with van der Waals surface area (Å²) < 4.78 is 18.5. The van der Waals surface area contributed by atoms with Crippen LogP contribution >= 0.6 is 15.9 Å². The molecule has 0 saturated carbocycles. The van der Waals surface area contributed by atoms with Crippen LogP contribution in [0.5, 0.6) is 5.75 Å². The van der Waals surface area contributed by atoms with E-state index < -0.39 is 5.82 Å². The lowest BCUT2D eigenvalue weighted by atomic mass is 10.1. The van der Waals surface area contributed by atoms with Crippen molar-refractivity contribution in [3.8, 4) is 5.75 Å². The van der Waals surface area contributed by atoms with E-state index in [9.17, 15) is 9.18 Å². The van der Waals surface area contributed by atoms with Gasteiger partial charge < -0.3 is 15.8 Å². The number of methoxy groups -OCH3 is 1. The molecule has 104 valence electrons. The van der Waals surface area contributed by atoms with Gasteiger partial charge in [0.05, 0.1) is 11.6 Å². The highest BCUT2D eigenvalue weighted by Gasteiger charge is 2.10. The van der Waals surface area contributed by atoms with E-state index in [1.807, 2.05) is 0 Å². The molecular formula is C14H12BrFN2O2. The summed E-state index contributed by atoms with van der Waals surface area (Å²) in [5.74, 6) is -0.252. The Hall–Kier alpha value is -2.08. The molecule has 0 fully saturated rings. The lowest BCUT2D eigenvalue weighted by molar-refractivity contribution is 0.102. The molecule has 0 aliphatic rings. The highest BCUT2D eigenvalue weighted by Crippen LogP contribution is 2.22. The van der Waals surface area contributed by atoms with Crippen molar-refractivity contribution in [3.05, 3.63) is 52.3 Å². The van der Waals surface area contributed by atoms with Crippen LogP contribution in [-0.2, 0) is 0 Å². The molecule has 0 heterocycles. The molecule has 6 heteroatoms. The minimum atomic E-state index is -0.395. The summed E-state index contributed by atoms with van der Waals surface area (Å²) in [6.07, 6.45) is 0. The van der Waals surface area contributed by atoms with Crippen LogP contribution in [0.2, 0.25) is 0 Å². The van der Waals surface area contributed by atoms with Gasteiger partial charge in [0.1, 0.15) is 11.6 Å². The maximum Gasteiger partial charge on any atom is 0.255 e. The number of carbonyl (C=O) groups excluding carboxylic acids is 1. The number of rotatable bonds is 3. The smallest absolute Gasteiger partial charge is 0.255 e. The molecule has 0 aliphatic carbocycles.